The second-order valence-electron chi connectivity index (χ2n) is 8.73. The molecule has 182 valence electrons. The number of ether oxygens (including phenoxy) is 1. The molecule has 0 radical (unpaired) electrons. The lowest BCUT2D eigenvalue weighted by atomic mass is 9.98. The summed E-state index contributed by atoms with van der Waals surface area (Å²) in [5, 5.41) is 14.7. The van der Waals surface area contributed by atoms with Gasteiger partial charge in [0.25, 0.3) is 0 Å². The van der Waals surface area contributed by atoms with E-state index in [1.54, 1.807) is 13.8 Å². The summed E-state index contributed by atoms with van der Waals surface area (Å²) < 4.78 is 5.54. The first kappa shape index (κ1) is 24.0. The Hall–Kier alpha value is -4.14. The van der Waals surface area contributed by atoms with E-state index in [0.29, 0.717) is 5.69 Å². The lowest BCUT2D eigenvalue weighted by Gasteiger charge is -2.23. The number of rotatable bonds is 9. The second-order valence-corrected chi connectivity index (χ2v) is 8.73. The highest BCUT2D eigenvalue weighted by Gasteiger charge is 2.30. The van der Waals surface area contributed by atoms with Crippen LogP contribution in [0.2, 0.25) is 0 Å². The van der Waals surface area contributed by atoms with Crippen LogP contribution < -0.4 is 10.6 Å². The molecule has 2 aromatic carbocycles. The van der Waals surface area contributed by atoms with Gasteiger partial charge in [0.2, 0.25) is 5.91 Å². The summed E-state index contributed by atoms with van der Waals surface area (Å²) in [6, 6.07) is 14.4. The van der Waals surface area contributed by atoms with E-state index in [-0.39, 0.29) is 18.9 Å². The maximum atomic E-state index is 12.7. The molecule has 0 saturated heterocycles. The number of hydrogen-bond acceptors (Lipinski definition) is 5. The zero-order valence-electron chi connectivity index (χ0n) is 19.5. The fraction of sp³-hybridized carbons (Fsp3) is 0.308. The van der Waals surface area contributed by atoms with Crippen LogP contribution in [0.3, 0.4) is 0 Å². The monoisotopic (exact) mass is 476 g/mol. The Morgan fingerprint density at radius 1 is 1.03 bits per heavy atom. The number of carbonyl (C=O) groups is 3. The SMILES string of the molecule is CC(NC(=O)OCC1c2ccccc2-c2ccccc21)C(C)C(=O)NC(Cc1cnc[nH]1)C(=O)O. The second kappa shape index (κ2) is 10.4. The Labute approximate surface area is 202 Å². The number of nitrogens with zero attached hydrogens (tertiary/aromatic N) is 1. The molecule has 0 bridgehead atoms. The molecule has 4 N–H and O–H groups in total. The summed E-state index contributed by atoms with van der Waals surface area (Å²) in [4.78, 5) is 43.5. The van der Waals surface area contributed by atoms with Gasteiger partial charge in [-0.25, -0.2) is 14.6 Å². The van der Waals surface area contributed by atoms with Gasteiger partial charge in [0, 0.05) is 30.3 Å². The highest BCUT2D eigenvalue weighted by atomic mass is 16.5. The van der Waals surface area contributed by atoms with E-state index in [9.17, 15) is 19.5 Å². The third-order valence-electron chi connectivity index (χ3n) is 6.45. The molecule has 9 nitrogen and oxygen atoms in total. The molecular formula is C26H28N4O5. The zero-order chi connectivity index (χ0) is 24.9. The number of hydrogen-bond donors (Lipinski definition) is 4. The summed E-state index contributed by atoms with van der Waals surface area (Å²) >= 11 is 0. The smallest absolute Gasteiger partial charge is 0.407 e. The van der Waals surface area contributed by atoms with Crippen LogP contribution in [0.15, 0.2) is 61.1 Å². The van der Waals surface area contributed by atoms with E-state index in [0.717, 1.165) is 22.3 Å². The maximum absolute atomic E-state index is 12.7. The van der Waals surface area contributed by atoms with Crippen molar-refractivity contribution in [2.45, 2.75) is 38.3 Å². The standard InChI is InChI=1S/C26H28N4O5/c1-15(24(31)30-23(25(32)33)11-17-12-27-14-28-17)16(2)29-26(34)35-13-22-20-9-5-3-7-18(20)19-8-4-6-10-21(19)22/h3-10,12,14-16,22-23H,11,13H2,1-2H3,(H,27,28)(H,29,34)(H,30,31)(H,32,33). The van der Waals surface area contributed by atoms with Crippen LogP contribution >= 0.6 is 0 Å². The van der Waals surface area contributed by atoms with Crippen LogP contribution in [0.5, 0.6) is 0 Å². The summed E-state index contributed by atoms with van der Waals surface area (Å²) in [6.07, 6.45) is 2.39. The van der Waals surface area contributed by atoms with Crippen molar-refractivity contribution in [3.63, 3.8) is 0 Å². The van der Waals surface area contributed by atoms with E-state index in [1.807, 2.05) is 36.4 Å². The van der Waals surface area contributed by atoms with Crippen molar-refractivity contribution in [1.82, 2.24) is 20.6 Å². The maximum Gasteiger partial charge on any atom is 0.407 e. The Bertz CT molecular complexity index is 1160. The average Bonchev–Trinajstić information content (AvgIpc) is 3.47. The molecule has 4 rings (SSSR count). The van der Waals surface area contributed by atoms with Crippen molar-refractivity contribution in [1.29, 1.82) is 0 Å². The largest absolute Gasteiger partial charge is 0.480 e. The number of H-pyrrole nitrogens is 1. The van der Waals surface area contributed by atoms with Crippen molar-refractivity contribution in [2.75, 3.05) is 6.61 Å². The minimum absolute atomic E-state index is 0.0667. The molecule has 1 aliphatic carbocycles. The van der Waals surface area contributed by atoms with E-state index in [4.69, 9.17) is 4.74 Å². The number of fused-ring (bicyclic) bond motifs is 3. The predicted octanol–water partition coefficient (Wildman–Crippen LogP) is 3.08. The van der Waals surface area contributed by atoms with Gasteiger partial charge in [-0.2, -0.15) is 0 Å². The van der Waals surface area contributed by atoms with Crippen molar-refractivity contribution < 1.29 is 24.2 Å². The summed E-state index contributed by atoms with van der Waals surface area (Å²) in [7, 11) is 0. The van der Waals surface area contributed by atoms with E-state index in [2.05, 4.69) is 32.7 Å². The third kappa shape index (κ3) is 5.34. The molecule has 3 unspecified atom stereocenters. The number of alkyl carbamates (subject to hydrolysis) is 1. The first-order valence-corrected chi connectivity index (χ1v) is 11.5. The molecule has 0 saturated carbocycles. The van der Waals surface area contributed by atoms with Gasteiger partial charge in [-0.1, -0.05) is 55.5 Å². The van der Waals surface area contributed by atoms with Crippen LogP contribution in [0.1, 0.15) is 36.6 Å². The highest BCUT2D eigenvalue weighted by molar-refractivity contribution is 5.85. The molecule has 3 aromatic rings. The van der Waals surface area contributed by atoms with Gasteiger partial charge in [0.1, 0.15) is 12.6 Å². The van der Waals surface area contributed by atoms with Crippen LogP contribution in [0, 0.1) is 5.92 Å². The Morgan fingerprint density at radius 3 is 2.23 bits per heavy atom. The van der Waals surface area contributed by atoms with Gasteiger partial charge in [-0.3, -0.25) is 4.79 Å². The molecule has 3 atom stereocenters. The van der Waals surface area contributed by atoms with Gasteiger partial charge < -0.3 is 25.5 Å². The quantitative estimate of drug-likeness (QED) is 0.375. The van der Waals surface area contributed by atoms with Gasteiger partial charge in [0.05, 0.1) is 12.2 Å². The number of benzene rings is 2. The first-order valence-electron chi connectivity index (χ1n) is 11.5. The molecule has 2 amide bonds. The fourth-order valence-electron chi connectivity index (χ4n) is 4.30. The molecule has 35 heavy (non-hydrogen) atoms. The van der Waals surface area contributed by atoms with Crippen molar-refractivity contribution in [2.24, 2.45) is 5.92 Å². The Balaban J connectivity index is 1.32. The fourth-order valence-corrected chi connectivity index (χ4v) is 4.30. The normalized spacial score (nSPS) is 14.8. The zero-order valence-corrected chi connectivity index (χ0v) is 19.5. The number of aromatic amines is 1. The van der Waals surface area contributed by atoms with Crippen LogP contribution in [0.25, 0.3) is 11.1 Å². The molecule has 1 heterocycles. The number of carbonyl (C=O) groups excluding carboxylic acids is 2. The van der Waals surface area contributed by atoms with Crippen LogP contribution in [-0.4, -0.2) is 51.7 Å². The summed E-state index contributed by atoms with van der Waals surface area (Å²) in [5.74, 6) is -2.39. The number of nitrogens with one attached hydrogen (secondary N) is 3. The van der Waals surface area contributed by atoms with Crippen LogP contribution in [-0.2, 0) is 20.7 Å². The molecule has 0 aliphatic heterocycles. The minimum atomic E-state index is -1.16. The van der Waals surface area contributed by atoms with Gasteiger partial charge >= 0.3 is 12.1 Å². The summed E-state index contributed by atoms with van der Waals surface area (Å²) in [6.45, 7) is 3.47. The lowest BCUT2D eigenvalue weighted by molar-refractivity contribution is -0.142. The molecule has 1 aromatic heterocycles. The molecule has 9 heteroatoms. The van der Waals surface area contributed by atoms with Crippen molar-refractivity contribution in [3.05, 3.63) is 77.9 Å². The molecular weight excluding hydrogens is 448 g/mol. The van der Waals surface area contributed by atoms with E-state index < -0.39 is 36.0 Å². The van der Waals surface area contributed by atoms with Gasteiger partial charge in [-0.05, 0) is 29.2 Å². The van der Waals surface area contributed by atoms with Gasteiger partial charge in [0.15, 0.2) is 0 Å². The Morgan fingerprint density at radius 2 is 1.66 bits per heavy atom. The topological polar surface area (TPSA) is 133 Å². The van der Waals surface area contributed by atoms with Gasteiger partial charge in [-0.15, -0.1) is 0 Å². The predicted molar refractivity (Wildman–Crippen MR) is 129 cm³/mol. The number of carboxylic acid groups (broad SMARTS) is 1. The summed E-state index contributed by atoms with van der Waals surface area (Å²) in [5.41, 5.74) is 5.09. The number of aromatic nitrogens is 2. The van der Waals surface area contributed by atoms with Crippen molar-refractivity contribution in [3.8, 4) is 11.1 Å². The van der Waals surface area contributed by atoms with E-state index >= 15 is 0 Å². The molecule has 0 spiro atoms. The Kier molecular flexibility index (Phi) is 7.14. The number of amides is 2. The van der Waals surface area contributed by atoms with E-state index in [1.165, 1.54) is 12.5 Å². The lowest BCUT2D eigenvalue weighted by Crippen LogP contribution is -2.49. The third-order valence-corrected chi connectivity index (χ3v) is 6.45. The highest BCUT2D eigenvalue weighted by Crippen LogP contribution is 2.44. The first-order chi connectivity index (χ1) is 16.8. The number of imidazole rings is 1. The number of carboxylic acids is 1. The minimum Gasteiger partial charge on any atom is -0.480 e. The van der Waals surface area contributed by atoms with Crippen LogP contribution in [0.4, 0.5) is 4.79 Å². The average molecular weight is 477 g/mol. The van der Waals surface area contributed by atoms with Crippen molar-refractivity contribution >= 4 is 18.0 Å². The molecule has 1 aliphatic rings. The number of aliphatic carboxylic acids is 1. The molecule has 0 fully saturated rings.